The molecule has 0 radical (unpaired) electrons. The molecule has 13 heteroatoms. The van der Waals surface area contributed by atoms with E-state index in [1.165, 1.54) is 35.2 Å². The summed E-state index contributed by atoms with van der Waals surface area (Å²) in [5.74, 6) is -4.35. The molecule has 1 saturated heterocycles. The van der Waals surface area contributed by atoms with Gasteiger partial charge in [0.25, 0.3) is 11.8 Å². The van der Waals surface area contributed by atoms with Crippen LogP contribution >= 0.6 is 0 Å². The molecule has 0 unspecified atom stereocenters. The van der Waals surface area contributed by atoms with Crippen LogP contribution in [-0.2, 0) is 0 Å². The van der Waals surface area contributed by atoms with Gasteiger partial charge in [-0.05, 0) is 37.4 Å². The zero-order chi connectivity index (χ0) is 26.7. The van der Waals surface area contributed by atoms with Crippen LogP contribution in [0, 0.1) is 22.5 Å². The van der Waals surface area contributed by atoms with Gasteiger partial charge in [0, 0.05) is 43.5 Å². The summed E-state index contributed by atoms with van der Waals surface area (Å²) < 4.78 is 42.6. The van der Waals surface area contributed by atoms with Crippen molar-refractivity contribution in [1.29, 1.82) is 10.8 Å². The van der Waals surface area contributed by atoms with E-state index in [-0.39, 0.29) is 40.3 Å². The van der Waals surface area contributed by atoms with Crippen molar-refractivity contribution in [1.82, 2.24) is 9.88 Å². The summed E-state index contributed by atoms with van der Waals surface area (Å²) in [6, 6.07) is 10.1. The predicted molar refractivity (Wildman–Crippen MR) is 135 cm³/mol. The molecule has 0 atom stereocenters. The fourth-order valence-electron chi connectivity index (χ4n) is 3.70. The van der Waals surface area contributed by atoms with E-state index in [4.69, 9.17) is 31.8 Å². The SMILES string of the molecule is CN1CCN(c2c(F)c(Oc3cccc(NC(=N)N)c3)nc(Oc3cc(C(=N)N)ccc3O)c2F)CC1. The average Bonchev–Trinajstić information content (AvgIpc) is 2.84. The first-order valence-electron chi connectivity index (χ1n) is 11.2. The van der Waals surface area contributed by atoms with Gasteiger partial charge in [-0.15, -0.1) is 0 Å². The smallest absolute Gasteiger partial charge is 0.261 e. The van der Waals surface area contributed by atoms with E-state index in [9.17, 15) is 5.11 Å². The van der Waals surface area contributed by atoms with Crippen LogP contribution in [0.5, 0.6) is 29.0 Å². The third kappa shape index (κ3) is 5.78. The van der Waals surface area contributed by atoms with E-state index in [0.717, 1.165) is 0 Å². The molecule has 1 aromatic heterocycles. The van der Waals surface area contributed by atoms with Crippen LogP contribution in [-0.4, -0.2) is 60.0 Å². The second-order valence-corrected chi connectivity index (χ2v) is 8.36. The van der Waals surface area contributed by atoms with Crippen molar-refractivity contribution in [3.05, 3.63) is 59.7 Å². The van der Waals surface area contributed by atoms with Crippen molar-refractivity contribution in [2.45, 2.75) is 0 Å². The Labute approximate surface area is 211 Å². The van der Waals surface area contributed by atoms with Crippen LogP contribution in [0.15, 0.2) is 42.5 Å². The lowest BCUT2D eigenvalue weighted by atomic mass is 10.2. The Morgan fingerprint density at radius 3 is 2.32 bits per heavy atom. The van der Waals surface area contributed by atoms with Gasteiger partial charge < -0.3 is 41.2 Å². The summed E-state index contributed by atoms with van der Waals surface area (Å²) in [5, 5.41) is 27.8. The number of phenols is 1. The number of hydrogen-bond donors (Lipinski definition) is 6. The van der Waals surface area contributed by atoms with E-state index in [1.54, 1.807) is 12.1 Å². The van der Waals surface area contributed by atoms with E-state index in [2.05, 4.69) is 10.3 Å². The van der Waals surface area contributed by atoms with Gasteiger partial charge in [0.05, 0.1) is 0 Å². The van der Waals surface area contributed by atoms with Crippen LogP contribution in [0.25, 0.3) is 0 Å². The summed E-state index contributed by atoms with van der Waals surface area (Å²) in [6.45, 7) is 1.84. The van der Waals surface area contributed by atoms with E-state index in [1.807, 2.05) is 11.9 Å². The molecule has 194 valence electrons. The lowest BCUT2D eigenvalue weighted by Gasteiger charge is -2.34. The first-order valence-corrected chi connectivity index (χ1v) is 11.2. The number of phenolic OH excluding ortho intramolecular Hbond substituents is 1. The summed E-state index contributed by atoms with van der Waals surface area (Å²) in [5.41, 5.74) is 11.1. The topological polar surface area (TPSA) is 170 Å². The van der Waals surface area contributed by atoms with Crippen LogP contribution in [0.3, 0.4) is 0 Å². The summed E-state index contributed by atoms with van der Waals surface area (Å²) in [6.07, 6.45) is 0. The molecule has 0 bridgehead atoms. The molecule has 8 N–H and O–H groups in total. The third-order valence-electron chi connectivity index (χ3n) is 5.62. The molecule has 0 saturated carbocycles. The number of nitrogens with one attached hydrogen (secondary N) is 3. The molecule has 37 heavy (non-hydrogen) atoms. The van der Waals surface area contributed by atoms with E-state index < -0.39 is 23.4 Å². The number of aromatic nitrogens is 1. The molecule has 0 spiro atoms. The lowest BCUT2D eigenvalue weighted by Crippen LogP contribution is -2.45. The number of anilines is 2. The number of ether oxygens (including phenoxy) is 2. The average molecular weight is 513 g/mol. The number of halogens is 2. The first kappa shape index (κ1) is 25.4. The normalized spacial score (nSPS) is 13.8. The number of hydrogen-bond acceptors (Lipinski definition) is 8. The highest BCUT2D eigenvalue weighted by molar-refractivity contribution is 5.95. The molecule has 0 aliphatic carbocycles. The number of amidine groups is 1. The molecule has 3 aromatic rings. The third-order valence-corrected chi connectivity index (χ3v) is 5.62. The van der Waals surface area contributed by atoms with E-state index in [0.29, 0.717) is 31.9 Å². The number of nitrogens with two attached hydrogens (primary N) is 2. The molecule has 2 heterocycles. The first-order chi connectivity index (χ1) is 17.6. The Kier molecular flexibility index (Phi) is 7.25. The number of guanidine groups is 1. The molecular weight excluding hydrogens is 486 g/mol. The van der Waals surface area contributed by atoms with Crippen LogP contribution in [0.1, 0.15) is 5.56 Å². The van der Waals surface area contributed by atoms with Crippen LogP contribution in [0.2, 0.25) is 0 Å². The maximum Gasteiger partial charge on any atom is 0.261 e. The van der Waals surface area contributed by atoms with Gasteiger partial charge in [0.15, 0.2) is 17.5 Å². The van der Waals surface area contributed by atoms with Crippen molar-refractivity contribution in [2.24, 2.45) is 11.5 Å². The highest BCUT2D eigenvalue weighted by atomic mass is 19.1. The molecule has 2 aromatic carbocycles. The van der Waals surface area contributed by atoms with Crippen molar-refractivity contribution >= 4 is 23.2 Å². The van der Waals surface area contributed by atoms with E-state index >= 15 is 8.78 Å². The van der Waals surface area contributed by atoms with Gasteiger partial charge in [-0.25, -0.2) is 0 Å². The summed E-state index contributed by atoms with van der Waals surface area (Å²) in [7, 11) is 1.91. The molecule has 11 nitrogen and oxygen atoms in total. The van der Waals surface area contributed by atoms with Crippen LogP contribution < -0.4 is 31.2 Å². The number of rotatable bonds is 7. The zero-order valence-corrected chi connectivity index (χ0v) is 19.9. The molecule has 1 fully saturated rings. The Morgan fingerprint density at radius 2 is 1.68 bits per heavy atom. The molecule has 0 amide bonds. The maximum absolute atomic E-state index is 15.7. The Hall–Kier alpha value is -4.65. The minimum absolute atomic E-state index is 0.140. The molecular formula is C24H26F2N8O3. The summed E-state index contributed by atoms with van der Waals surface area (Å²) >= 11 is 0. The minimum Gasteiger partial charge on any atom is -0.504 e. The fourth-order valence-corrected chi connectivity index (χ4v) is 3.70. The predicted octanol–water partition coefficient (Wildman–Crippen LogP) is 2.99. The van der Waals surface area contributed by atoms with Gasteiger partial charge in [0.2, 0.25) is 11.6 Å². The lowest BCUT2D eigenvalue weighted by molar-refractivity contribution is 0.307. The highest BCUT2D eigenvalue weighted by Gasteiger charge is 2.29. The maximum atomic E-state index is 15.7. The molecule has 1 aliphatic rings. The number of benzene rings is 2. The Morgan fingerprint density at radius 1 is 1.00 bits per heavy atom. The van der Waals surface area contributed by atoms with Gasteiger partial charge >= 0.3 is 0 Å². The van der Waals surface area contributed by atoms with Crippen LogP contribution in [0.4, 0.5) is 20.2 Å². The number of piperazine rings is 1. The Balaban J connectivity index is 1.78. The molecule has 4 rings (SSSR count). The molecule has 1 aliphatic heterocycles. The quantitative estimate of drug-likeness (QED) is 0.206. The van der Waals surface area contributed by atoms with Gasteiger partial charge in [-0.3, -0.25) is 10.8 Å². The number of pyridine rings is 1. The van der Waals surface area contributed by atoms with Crippen molar-refractivity contribution in [3.8, 4) is 29.0 Å². The second kappa shape index (κ2) is 10.5. The number of aromatic hydroxyl groups is 1. The number of nitrogen functional groups attached to an aromatic ring is 1. The van der Waals surface area contributed by atoms with Gasteiger partial charge in [-0.2, -0.15) is 13.8 Å². The van der Waals surface area contributed by atoms with Crippen molar-refractivity contribution < 1.29 is 23.4 Å². The number of nitrogens with zero attached hydrogens (tertiary/aromatic N) is 3. The van der Waals surface area contributed by atoms with Gasteiger partial charge in [0.1, 0.15) is 17.3 Å². The number of likely N-dealkylation sites (N-methyl/N-ethyl adjacent to an activating group) is 1. The summed E-state index contributed by atoms with van der Waals surface area (Å²) in [4.78, 5) is 7.49. The Bertz CT molecular complexity index is 1350. The van der Waals surface area contributed by atoms with Crippen molar-refractivity contribution in [2.75, 3.05) is 43.4 Å². The second-order valence-electron chi connectivity index (χ2n) is 8.36. The fraction of sp³-hybridized carbons (Fsp3) is 0.208. The minimum atomic E-state index is -1.07. The largest absolute Gasteiger partial charge is 0.504 e. The standard InChI is InChI=1S/C24H26F2N8O3/c1-33-7-9-34(10-8-33)20-18(25)22(36-15-4-2-3-14(12-15)31-24(29)30)32-23(19(20)26)37-17-11-13(21(27)28)5-6-16(17)35/h2-6,11-12,35H,7-10H2,1H3,(H3,27,28)(H4,29,30,31). The van der Waals surface area contributed by atoms with Gasteiger partial charge in [-0.1, -0.05) is 6.07 Å². The monoisotopic (exact) mass is 512 g/mol. The van der Waals surface area contributed by atoms with Crippen molar-refractivity contribution in [3.63, 3.8) is 0 Å². The zero-order valence-electron chi connectivity index (χ0n) is 19.9. The highest BCUT2D eigenvalue weighted by Crippen LogP contribution is 2.40.